The zero-order valence-electron chi connectivity index (χ0n) is 18.3. The minimum atomic E-state index is -3.90. The van der Waals surface area contributed by atoms with Crippen LogP contribution >= 0.6 is 23.8 Å². The highest BCUT2D eigenvalue weighted by atomic mass is 35.5. The highest BCUT2D eigenvalue weighted by molar-refractivity contribution is 7.90. The number of nitro groups is 1. The highest BCUT2D eigenvalue weighted by Gasteiger charge is 2.34. The number of benzene rings is 3. The van der Waals surface area contributed by atoms with Gasteiger partial charge in [0.25, 0.3) is 17.5 Å². The van der Waals surface area contributed by atoms with E-state index >= 15 is 0 Å². The lowest BCUT2D eigenvalue weighted by atomic mass is 10.0. The van der Waals surface area contributed by atoms with Crippen LogP contribution in [0.2, 0.25) is 5.02 Å². The fourth-order valence-corrected chi connectivity index (χ4v) is 5.34. The van der Waals surface area contributed by atoms with Crippen molar-refractivity contribution in [1.82, 2.24) is 5.32 Å². The first-order chi connectivity index (χ1) is 17.1. The van der Waals surface area contributed by atoms with Crippen molar-refractivity contribution in [2.24, 2.45) is 0 Å². The molecule has 3 aromatic rings. The van der Waals surface area contributed by atoms with Crippen molar-refractivity contribution >= 4 is 68.0 Å². The van der Waals surface area contributed by atoms with Crippen LogP contribution in [0.5, 0.6) is 0 Å². The fraction of sp³-hybridized carbons (Fsp3) is 0.0417. The van der Waals surface area contributed by atoms with Crippen molar-refractivity contribution in [2.75, 3.05) is 4.90 Å². The van der Waals surface area contributed by atoms with Crippen molar-refractivity contribution < 1.29 is 22.9 Å². The largest absolute Gasteiger partial charge is 0.298 e. The molecule has 3 aromatic carbocycles. The first-order valence-corrected chi connectivity index (χ1v) is 12.7. The summed E-state index contributed by atoms with van der Waals surface area (Å²) in [6, 6.07) is 17.5. The smallest absolute Gasteiger partial charge is 0.273 e. The molecule has 0 aromatic heterocycles. The van der Waals surface area contributed by atoms with E-state index < -0.39 is 38.0 Å². The van der Waals surface area contributed by atoms with Gasteiger partial charge in [0.05, 0.1) is 21.3 Å². The third-order valence-electron chi connectivity index (χ3n) is 5.25. The van der Waals surface area contributed by atoms with E-state index in [1.807, 2.05) is 0 Å². The summed E-state index contributed by atoms with van der Waals surface area (Å²) in [5, 5.41) is 14.3. The van der Waals surface area contributed by atoms with Crippen LogP contribution in [-0.4, -0.2) is 30.3 Å². The molecule has 4 rings (SSSR count). The van der Waals surface area contributed by atoms with E-state index in [1.54, 1.807) is 42.5 Å². The van der Waals surface area contributed by atoms with Gasteiger partial charge in [-0.15, -0.1) is 0 Å². The highest BCUT2D eigenvalue weighted by Crippen LogP contribution is 2.28. The molecule has 12 heteroatoms. The number of carbonyl (C=O) groups is 2. The van der Waals surface area contributed by atoms with Crippen molar-refractivity contribution in [3.63, 3.8) is 0 Å². The Hall–Kier alpha value is -3.93. The number of nitrogens with zero attached hydrogens (tertiary/aromatic N) is 2. The molecule has 0 radical (unpaired) electrons. The topological polar surface area (TPSA) is 127 Å². The molecule has 0 atom stereocenters. The normalized spacial score (nSPS) is 15.2. The second-order valence-corrected chi connectivity index (χ2v) is 10.5. The number of carbonyl (C=O) groups excluding carboxylic acids is 2. The van der Waals surface area contributed by atoms with Gasteiger partial charge in [0.15, 0.2) is 14.9 Å². The lowest BCUT2D eigenvalue weighted by Crippen LogP contribution is -2.54. The molecule has 1 fully saturated rings. The lowest BCUT2D eigenvalue weighted by molar-refractivity contribution is -0.385. The lowest BCUT2D eigenvalue weighted by Gasteiger charge is -2.29. The molecule has 0 spiro atoms. The Morgan fingerprint density at radius 3 is 2.33 bits per heavy atom. The molecule has 0 unspecified atom stereocenters. The predicted octanol–water partition coefficient (Wildman–Crippen LogP) is 4.05. The van der Waals surface area contributed by atoms with Gasteiger partial charge in [0.1, 0.15) is 5.57 Å². The summed E-state index contributed by atoms with van der Waals surface area (Å²) in [5.74, 6) is -2.12. The van der Waals surface area contributed by atoms with E-state index in [2.05, 4.69) is 5.32 Å². The summed E-state index contributed by atoms with van der Waals surface area (Å²) < 4.78 is 25.7. The Kier molecular flexibility index (Phi) is 6.97. The summed E-state index contributed by atoms with van der Waals surface area (Å²) in [5.41, 5.74) is -0.184. The van der Waals surface area contributed by atoms with E-state index in [-0.39, 0.29) is 26.7 Å². The molecule has 1 saturated heterocycles. The standard InChI is InChI=1S/C24H16ClN3O6S2/c25-17-7-9-18(10-8-17)27-23(30)20(22(29)26-24(27)35)13-15-6-11-21(28(31)32)16(12-15)14-36(33,34)19-4-2-1-3-5-19/h1-13H,14H2,(H,26,29,35)/b20-13+. The average molecular weight is 542 g/mol. The molecule has 0 bridgehead atoms. The van der Waals surface area contributed by atoms with Gasteiger partial charge in [-0.3, -0.25) is 29.9 Å². The summed E-state index contributed by atoms with van der Waals surface area (Å²) in [7, 11) is -3.90. The van der Waals surface area contributed by atoms with E-state index in [9.17, 15) is 28.1 Å². The van der Waals surface area contributed by atoms with E-state index in [0.29, 0.717) is 10.7 Å². The van der Waals surface area contributed by atoms with Crippen LogP contribution in [0, 0.1) is 10.1 Å². The number of thiocarbonyl (C=S) groups is 1. The molecule has 1 heterocycles. The maximum absolute atomic E-state index is 13.2. The molecule has 36 heavy (non-hydrogen) atoms. The molecule has 1 aliphatic rings. The summed E-state index contributed by atoms with van der Waals surface area (Å²) in [6.07, 6.45) is 1.23. The number of nitrogens with one attached hydrogen (secondary N) is 1. The van der Waals surface area contributed by atoms with Gasteiger partial charge in [-0.05, 0) is 72.4 Å². The number of amides is 2. The Labute approximate surface area is 216 Å². The van der Waals surface area contributed by atoms with Crippen molar-refractivity contribution in [1.29, 1.82) is 0 Å². The number of halogens is 1. The summed E-state index contributed by atoms with van der Waals surface area (Å²) >= 11 is 11.1. The zero-order chi connectivity index (χ0) is 26.0. The number of hydrogen-bond donors (Lipinski definition) is 1. The molecule has 1 N–H and O–H groups in total. The second kappa shape index (κ2) is 9.97. The summed E-state index contributed by atoms with van der Waals surface area (Å²) in [6.45, 7) is 0. The maximum atomic E-state index is 13.2. The van der Waals surface area contributed by atoms with Crippen LogP contribution in [0.1, 0.15) is 11.1 Å². The predicted molar refractivity (Wildman–Crippen MR) is 138 cm³/mol. The molecular weight excluding hydrogens is 526 g/mol. The van der Waals surface area contributed by atoms with Crippen LogP contribution in [-0.2, 0) is 25.2 Å². The first-order valence-electron chi connectivity index (χ1n) is 10.3. The first kappa shape index (κ1) is 25.2. The average Bonchev–Trinajstić information content (AvgIpc) is 2.83. The maximum Gasteiger partial charge on any atom is 0.273 e. The quantitative estimate of drug-likeness (QED) is 0.164. The SMILES string of the molecule is O=C1NC(=S)N(c2ccc(Cl)cc2)C(=O)/C1=C/c1ccc([N+](=O)[O-])c(CS(=O)(=O)c2ccccc2)c1. The van der Waals surface area contributed by atoms with Crippen molar-refractivity contribution in [3.05, 3.63) is 105 Å². The van der Waals surface area contributed by atoms with Crippen LogP contribution in [0.3, 0.4) is 0 Å². The van der Waals surface area contributed by atoms with Gasteiger partial charge in [-0.1, -0.05) is 29.8 Å². The van der Waals surface area contributed by atoms with Gasteiger partial charge in [-0.2, -0.15) is 0 Å². The molecule has 1 aliphatic heterocycles. The molecule has 0 saturated carbocycles. The minimum absolute atomic E-state index is 0.0111. The number of hydrogen-bond acceptors (Lipinski definition) is 7. The van der Waals surface area contributed by atoms with E-state index in [1.165, 1.54) is 30.3 Å². The number of rotatable bonds is 6. The Morgan fingerprint density at radius 1 is 1.03 bits per heavy atom. The number of anilines is 1. The Bertz CT molecular complexity index is 1540. The van der Waals surface area contributed by atoms with Gasteiger partial charge in [-0.25, -0.2) is 8.42 Å². The van der Waals surface area contributed by atoms with Crippen LogP contribution in [0.25, 0.3) is 6.08 Å². The monoisotopic (exact) mass is 541 g/mol. The zero-order valence-corrected chi connectivity index (χ0v) is 20.6. The van der Waals surface area contributed by atoms with Gasteiger partial charge in [0, 0.05) is 16.7 Å². The van der Waals surface area contributed by atoms with Crippen LogP contribution in [0.15, 0.2) is 83.3 Å². The molecule has 9 nitrogen and oxygen atoms in total. The molecule has 182 valence electrons. The third-order valence-corrected chi connectivity index (χ3v) is 7.46. The Balaban J connectivity index is 1.73. The molecule has 2 amide bonds. The van der Waals surface area contributed by atoms with Crippen LogP contribution in [0.4, 0.5) is 11.4 Å². The third kappa shape index (κ3) is 5.18. The van der Waals surface area contributed by atoms with Gasteiger partial charge in [0.2, 0.25) is 0 Å². The molecular formula is C24H16ClN3O6S2. The van der Waals surface area contributed by atoms with Crippen molar-refractivity contribution in [3.8, 4) is 0 Å². The van der Waals surface area contributed by atoms with E-state index in [4.69, 9.17) is 23.8 Å². The fourth-order valence-electron chi connectivity index (χ4n) is 3.55. The minimum Gasteiger partial charge on any atom is -0.298 e. The number of nitro benzene ring substituents is 1. The van der Waals surface area contributed by atoms with Crippen LogP contribution < -0.4 is 10.2 Å². The number of sulfone groups is 1. The second-order valence-electron chi connectivity index (χ2n) is 7.65. The summed E-state index contributed by atoms with van der Waals surface area (Å²) in [4.78, 5) is 37.8. The van der Waals surface area contributed by atoms with Gasteiger partial charge >= 0.3 is 0 Å². The van der Waals surface area contributed by atoms with Gasteiger partial charge < -0.3 is 0 Å². The molecule has 0 aliphatic carbocycles. The van der Waals surface area contributed by atoms with E-state index in [0.717, 1.165) is 11.0 Å². The van der Waals surface area contributed by atoms with Crippen molar-refractivity contribution in [2.45, 2.75) is 10.6 Å². The Morgan fingerprint density at radius 2 is 1.69 bits per heavy atom.